The number of morpholine rings is 1. The van der Waals surface area contributed by atoms with Gasteiger partial charge in [0.25, 0.3) is 0 Å². The van der Waals surface area contributed by atoms with E-state index in [1.54, 1.807) is 7.05 Å². The maximum atomic E-state index is 12.6. The molecule has 36 heavy (non-hydrogen) atoms. The van der Waals surface area contributed by atoms with Gasteiger partial charge in [-0.1, -0.05) is 60.5 Å². The summed E-state index contributed by atoms with van der Waals surface area (Å²) in [7, 11) is 0.585. The lowest BCUT2D eigenvalue weighted by atomic mass is 10.0. The van der Waals surface area contributed by atoms with E-state index in [1.807, 2.05) is 87.2 Å². The van der Waals surface area contributed by atoms with Gasteiger partial charge in [0.15, 0.2) is 0 Å². The van der Waals surface area contributed by atoms with Crippen LogP contribution in [0.4, 0.5) is 0 Å². The average molecular weight is 558 g/mol. The summed E-state index contributed by atoms with van der Waals surface area (Å²) >= 11 is 11.5. The van der Waals surface area contributed by atoms with Crippen LogP contribution in [-0.4, -0.2) is 57.7 Å². The Labute approximate surface area is 228 Å². The van der Waals surface area contributed by atoms with Gasteiger partial charge < -0.3 is 15.0 Å². The third-order valence-electron chi connectivity index (χ3n) is 5.36. The molecule has 0 aromatic heterocycles. The van der Waals surface area contributed by atoms with Gasteiger partial charge in [0.2, 0.25) is 11.8 Å². The second-order valence-corrected chi connectivity index (χ2v) is 12.3. The van der Waals surface area contributed by atoms with E-state index in [1.165, 1.54) is 6.92 Å². The first-order valence-electron chi connectivity index (χ1n) is 11.8. The third kappa shape index (κ3) is 11.4. The Hall–Kier alpha value is -1.93. The van der Waals surface area contributed by atoms with Gasteiger partial charge in [-0.25, -0.2) is 0 Å². The number of benzene rings is 2. The van der Waals surface area contributed by atoms with Gasteiger partial charge in [0.1, 0.15) is 6.61 Å². The minimum atomic E-state index is -1.01. The molecular formula is C27H38Cl2N2O4S. The molecule has 2 aromatic carbocycles. The molecule has 1 fully saturated rings. The maximum Gasteiger partial charge on any atom is 0.249 e. The Kier molecular flexibility index (Phi) is 14.3. The van der Waals surface area contributed by atoms with Crippen molar-refractivity contribution in [3.63, 3.8) is 0 Å². The molecule has 200 valence electrons. The highest BCUT2D eigenvalue weighted by atomic mass is 35.5. The molecule has 1 aliphatic heterocycles. The second kappa shape index (κ2) is 16.0. The normalized spacial score (nSPS) is 17.1. The molecule has 2 aromatic rings. The van der Waals surface area contributed by atoms with Crippen LogP contribution in [0.25, 0.3) is 0 Å². The molecule has 3 unspecified atom stereocenters. The van der Waals surface area contributed by atoms with Crippen molar-refractivity contribution in [3.8, 4) is 0 Å². The smallest absolute Gasteiger partial charge is 0.249 e. The number of amides is 2. The number of halogens is 2. The monoisotopic (exact) mass is 556 g/mol. The summed E-state index contributed by atoms with van der Waals surface area (Å²) in [5.74, 6) is 0.444. The number of ether oxygens (including phenoxy) is 1. The van der Waals surface area contributed by atoms with Crippen LogP contribution < -0.4 is 5.32 Å². The van der Waals surface area contributed by atoms with Crippen LogP contribution in [0.1, 0.15) is 52.6 Å². The number of carbonyl (C=O) groups excluding carboxylic acids is 2. The van der Waals surface area contributed by atoms with E-state index in [0.717, 1.165) is 17.0 Å². The zero-order valence-electron chi connectivity index (χ0n) is 21.9. The van der Waals surface area contributed by atoms with Crippen LogP contribution in [0.2, 0.25) is 10.0 Å². The molecule has 1 N–H and O–H groups in total. The molecule has 0 saturated carbocycles. The summed E-state index contributed by atoms with van der Waals surface area (Å²) in [4.78, 5) is 24.1. The quantitative estimate of drug-likeness (QED) is 0.515. The first-order chi connectivity index (χ1) is 16.9. The molecule has 0 bridgehead atoms. The SMILES string of the molecule is CCC(CS(=O)C(C)(C)C)N1C(=O)COCC1c1ccc(Cl)cc1.CNC(C)=O.Clc1ccccc1. The lowest BCUT2D eigenvalue weighted by Crippen LogP contribution is -2.52. The summed E-state index contributed by atoms with van der Waals surface area (Å²) < 4.78 is 17.8. The predicted octanol–water partition coefficient (Wildman–Crippen LogP) is 5.66. The van der Waals surface area contributed by atoms with Gasteiger partial charge in [-0.2, -0.15) is 0 Å². The van der Waals surface area contributed by atoms with Crippen molar-refractivity contribution in [2.45, 2.75) is 57.9 Å². The number of hydrogen-bond acceptors (Lipinski definition) is 4. The molecule has 0 spiro atoms. The highest BCUT2D eigenvalue weighted by molar-refractivity contribution is 7.86. The molecule has 0 aliphatic carbocycles. The van der Waals surface area contributed by atoms with Crippen LogP contribution in [0, 0.1) is 0 Å². The van der Waals surface area contributed by atoms with Crippen LogP contribution in [-0.2, 0) is 25.1 Å². The fourth-order valence-electron chi connectivity index (χ4n) is 3.22. The van der Waals surface area contributed by atoms with E-state index >= 15 is 0 Å². The first kappa shape index (κ1) is 32.1. The third-order valence-corrected chi connectivity index (χ3v) is 7.91. The molecule has 1 heterocycles. The maximum absolute atomic E-state index is 12.6. The van der Waals surface area contributed by atoms with Crippen molar-refractivity contribution in [2.75, 3.05) is 26.0 Å². The van der Waals surface area contributed by atoms with Crippen molar-refractivity contribution in [2.24, 2.45) is 0 Å². The standard InChI is InChI=1S/C18H26ClNO3S.C6H5Cl.C3H7NO/c1-5-15(12-24(22)18(2,3)4)20-16(10-23-11-17(20)21)13-6-8-14(19)9-7-13;7-6-4-2-1-3-5-6;1-3(5)4-2/h6-9,15-16H,5,10-12H2,1-4H3;1-5H;1-2H3,(H,4,5). The van der Waals surface area contributed by atoms with E-state index in [-0.39, 0.29) is 35.3 Å². The Balaban J connectivity index is 0.000000442. The topological polar surface area (TPSA) is 75.7 Å². The largest absolute Gasteiger partial charge is 0.369 e. The van der Waals surface area contributed by atoms with E-state index < -0.39 is 10.8 Å². The van der Waals surface area contributed by atoms with Crippen molar-refractivity contribution < 1.29 is 18.5 Å². The van der Waals surface area contributed by atoms with Crippen LogP contribution in [0.3, 0.4) is 0 Å². The minimum absolute atomic E-state index is 0.00463. The van der Waals surface area contributed by atoms with Crippen molar-refractivity contribution in [1.29, 1.82) is 0 Å². The van der Waals surface area contributed by atoms with Gasteiger partial charge in [-0.05, 0) is 57.0 Å². The van der Waals surface area contributed by atoms with Crippen LogP contribution in [0.15, 0.2) is 54.6 Å². The highest BCUT2D eigenvalue weighted by Crippen LogP contribution is 2.30. The molecule has 6 nitrogen and oxygen atoms in total. The van der Waals surface area contributed by atoms with Crippen LogP contribution in [0.5, 0.6) is 0 Å². The number of rotatable bonds is 5. The molecule has 2 amide bonds. The Morgan fingerprint density at radius 2 is 1.64 bits per heavy atom. The van der Waals surface area contributed by atoms with Gasteiger partial charge in [-0.3, -0.25) is 13.8 Å². The summed E-state index contributed by atoms with van der Waals surface area (Å²) in [6.07, 6.45) is 0.762. The van der Waals surface area contributed by atoms with Crippen LogP contribution >= 0.6 is 23.2 Å². The Morgan fingerprint density at radius 1 is 1.11 bits per heavy atom. The molecule has 0 radical (unpaired) electrons. The number of carbonyl (C=O) groups is 2. The first-order valence-corrected chi connectivity index (χ1v) is 13.9. The summed E-state index contributed by atoms with van der Waals surface area (Å²) in [6.45, 7) is 9.94. The van der Waals surface area contributed by atoms with E-state index in [9.17, 15) is 13.8 Å². The van der Waals surface area contributed by atoms with Gasteiger partial charge in [0, 0.05) is 51.4 Å². The lowest BCUT2D eigenvalue weighted by molar-refractivity contribution is -0.151. The summed E-state index contributed by atoms with van der Waals surface area (Å²) in [5.41, 5.74) is 0.993. The van der Waals surface area contributed by atoms with Crippen molar-refractivity contribution >= 4 is 45.8 Å². The summed E-state index contributed by atoms with van der Waals surface area (Å²) in [5, 5.41) is 3.84. The van der Waals surface area contributed by atoms with E-state index in [2.05, 4.69) is 5.32 Å². The van der Waals surface area contributed by atoms with E-state index in [0.29, 0.717) is 17.4 Å². The van der Waals surface area contributed by atoms with Gasteiger partial charge in [0.05, 0.1) is 12.6 Å². The average Bonchev–Trinajstić information content (AvgIpc) is 2.83. The molecule has 3 atom stereocenters. The lowest BCUT2D eigenvalue weighted by Gasteiger charge is -2.41. The highest BCUT2D eigenvalue weighted by Gasteiger charge is 2.36. The molecular weight excluding hydrogens is 519 g/mol. The summed E-state index contributed by atoms with van der Waals surface area (Å²) in [6, 6.07) is 16.7. The van der Waals surface area contributed by atoms with Gasteiger partial charge >= 0.3 is 0 Å². The van der Waals surface area contributed by atoms with Crippen molar-refractivity contribution in [3.05, 3.63) is 70.2 Å². The number of hydrogen-bond donors (Lipinski definition) is 1. The molecule has 1 aliphatic rings. The molecule has 3 rings (SSSR count). The fraction of sp³-hybridized carbons (Fsp3) is 0.481. The van der Waals surface area contributed by atoms with Crippen molar-refractivity contribution in [1.82, 2.24) is 10.2 Å². The molecule has 1 saturated heterocycles. The zero-order chi connectivity index (χ0) is 27.3. The predicted molar refractivity (Wildman–Crippen MR) is 150 cm³/mol. The second-order valence-electron chi connectivity index (χ2n) is 9.17. The van der Waals surface area contributed by atoms with E-state index in [4.69, 9.17) is 27.9 Å². The number of nitrogens with zero attached hydrogens (tertiary/aromatic N) is 1. The minimum Gasteiger partial charge on any atom is -0.369 e. The Morgan fingerprint density at radius 3 is 2.06 bits per heavy atom. The fourth-order valence-corrected chi connectivity index (χ4v) is 4.74. The zero-order valence-corrected chi connectivity index (χ0v) is 24.3. The van der Waals surface area contributed by atoms with Gasteiger partial charge in [-0.15, -0.1) is 0 Å². The Bertz CT molecular complexity index is 966. The molecule has 9 heteroatoms. The number of nitrogens with one attached hydrogen (secondary N) is 1.